The molecule has 0 bridgehead atoms. The quantitative estimate of drug-likeness (QED) is 0.598. The molecule has 0 radical (unpaired) electrons. The molecule has 0 spiro atoms. The average Bonchev–Trinajstić information content (AvgIpc) is 2.25. The van der Waals surface area contributed by atoms with E-state index in [9.17, 15) is 0 Å². The lowest BCUT2D eigenvalue weighted by Gasteiger charge is -1.95. The second-order valence-corrected chi connectivity index (χ2v) is 2.89. The van der Waals surface area contributed by atoms with Gasteiger partial charge in [0.2, 0.25) is 0 Å². The third-order valence-electron chi connectivity index (χ3n) is 2.14. The molecule has 0 unspecified atom stereocenters. The van der Waals surface area contributed by atoms with Crippen molar-refractivity contribution in [3.8, 4) is 0 Å². The van der Waals surface area contributed by atoms with E-state index in [1.807, 2.05) is 0 Å². The van der Waals surface area contributed by atoms with Crippen LogP contribution in [-0.2, 0) is 17.6 Å². The van der Waals surface area contributed by atoms with Crippen molar-refractivity contribution >= 4 is 0 Å². The largest absolute Gasteiger partial charge is 0.381 e. The highest BCUT2D eigenvalue weighted by Crippen LogP contribution is 2.14. The molecule has 1 N–H and O–H groups in total. The number of aromatic amines is 1. The highest BCUT2D eigenvalue weighted by Gasteiger charge is 2.12. The highest BCUT2D eigenvalue weighted by atomic mass is 16.5. The fourth-order valence-corrected chi connectivity index (χ4v) is 1.49. The Hall–Kier alpha value is -0.830. The molecule has 1 aliphatic heterocycles. The van der Waals surface area contributed by atoms with Crippen LogP contribution in [0.4, 0.5) is 0 Å². The number of rotatable bonds is 0. The lowest BCUT2D eigenvalue weighted by Crippen LogP contribution is -1.96. The van der Waals surface area contributed by atoms with E-state index in [1.54, 1.807) is 0 Å². The Balaban J connectivity index is 2.35. The number of ether oxygens (including phenoxy) is 1. The monoisotopic (exact) mass is 152 g/mol. The number of H-pyrrole nitrogens is 1. The average molecular weight is 152 g/mol. The zero-order chi connectivity index (χ0) is 7.68. The van der Waals surface area contributed by atoms with Crippen molar-refractivity contribution in [2.24, 2.45) is 0 Å². The van der Waals surface area contributed by atoms with Gasteiger partial charge < -0.3 is 4.74 Å². The maximum absolute atomic E-state index is 5.34. The first-order chi connectivity index (χ1) is 5.38. The number of hydrogen-bond donors (Lipinski definition) is 1. The second-order valence-electron chi connectivity index (χ2n) is 2.89. The summed E-state index contributed by atoms with van der Waals surface area (Å²) in [5.74, 6) is 0. The minimum absolute atomic E-state index is 0.817. The minimum atomic E-state index is 0.817. The number of fused-ring (bicyclic) bond motifs is 1. The lowest BCUT2D eigenvalue weighted by molar-refractivity contribution is 0.146. The van der Waals surface area contributed by atoms with Gasteiger partial charge in [-0.05, 0) is 18.9 Å². The molecule has 0 saturated carbocycles. The lowest BCUT2D eigenvalue weighted by atomic mass is 10.1. The van der Waals surface area contributed by atoms with Crippen molar-refractivity contribution in [1.29, 1.82) is 0 Å². The summed E-state index contributed by atoms with van der Waals surface area (Å²) in [4.78, 5) is 0. The molecule has 2 rings (SSSR count). The molecular weight excluding hydrogens is 140 g/mol. The van der Waals surface area contributed by atoms with E-state index < -0.39 is 0 Å². The van der Waals surface area contributed by atoms with Gasteiger partial charge in [-0.3, -0.25) is 5.10 Å². The van der Waals surface area contributed by atoms with E-state index in [2.05, 4.69) is 17.1 Å². The molecule has 0 fully saturated rings. The Morgan fingerprint density at radius 2 is 2.18 bits per heavy atom. The van der Waals surface area contributed by atoms with Crippen LogP contribution in [0, 0.1) is 6.92 Å². The summed E-state index contributed by atoms with van der Waals surface area (Å²) in [6.07, 6.45) is 1.97. The van der Waals surface area contributed by atoms with Crippen LogP contribution in [-0.4, -0.2) is 23.4 Å². The first-order valence-corrected chi connectivity index (χ1v) is 3.98. The van der Waals surface area contributed by atoms with Crippen LogP contribution in [0.1, 0.15) is 17.0 Å². The fourth-order valence-electron chi connectivity index (χ4n) is 1.49. The number of aromatic nitrogens is 2. The third kappa shape index (κ3) is 1.16. The van der Waals surface area contributed by atoms with Crippen LogP contribution in [0.15, 0.2) is 0 Å². The minimum Gasteiger partial charge on any atom is -0.381 e. The Bertz CT molecular complexity index is 255. The first kappa shape index (κ1) is 6.85. The summed E-state index contributed by atoms with van der Waals surface area (Å²) < 4.78 is 5.34. The SMILES string of the molecule is Cc1[nH]nc2c1CCOCC2. The van der Waals surface area contributed by atoms with Crippen molar-refractivity contribution in [3.05, 3.63) is 17.0 Å². The van der Waals surface area contributed by atoms with E-state index in [1.165, 1.54) is 17.0 Å². The molecule has 0 atom stereocenters. The van der Waals surface area contributed by atoms with Crippen LogP contribution in [0.3, 0.4) is 0 Å². The molecule has 1 aromatic heterocycles. The zero-order valence-electron chi connectivity index (χ0n) is 6.68. The molecule has 0 aromatic carbocycles. The summed E-state index contributed by atoms with van der Waals surface area (Å²) in [6, 6.07) is 0. The maximum Gasteiger partial charge on any atom is 0.0680 e. The smallest absolute Gasteiger partial charge is 0.0680 e. The van der Waals surface area contributed by atoms with Crippen LogP contribution >= 0.6 is 0 Å². The highest BCUT2D eigenvalue weighted by molar-refractivity contribution is 5.25. The van der Waals surface area contributed by atoms with Crippen LogP contribution in [0.2, 0.25) is 0 Å². The van der Waals surface area contributed by atoms with Crippen LogP contribution in [0.5, 0.6) is 0 Å². The Morgan fingerprint density at radius 1 is 1.36 bits per heavy atom. The van der Waals surface area contributed by atoms with Crippen molar-refractivity contribution in [2.45, 2.75) is 19.8 Å². The number of nitrogens with zero attached hydrogens (tertiary/aromatic N) is 1. The van der Waals surface area contributed by atoms with E-state index in [0.29, 0.717) is 0 Å². The summed E-state index contributed by atoms with van der Waals surface area (Å²) in [5.41, 5.74) is 3.76. The predicted molar refractivity (Wildman–Crippen MR) is 41.6 cm³/mol. The van der Waals surface area contributed by atoms with Gasteiger partial charge in [0.15, 0.2) is 0 Å². The predicted octanol–water partition coefficient (Wildman–Crippen LogP) is 0.833. The zero-order valence-corrected chi connectivity index (χ0v) is 6.68. The van der Waals surface area contributed by atoms with Gasteiger partial charge in [0.1, 0.15) is 0 Å². The maximum atomic E-state index is 5.34. The standard InChI is InChI=1S/C8H12N2O/c1-6-7-2-4-11-5-3-8(7)10-9-6/h2-5H2,1H3,(H,9,10). The summed E-state index contributed by atoms with van der Waals surface area (Å²) in [6.45, 7) is 3.72. The molecular formula is C8H12N2O. The first-order valence-electron chi connectivity index (χ1n) is 3.98. The number of nitrogens with one attached hydrogen (secondary N) is 1. The van der Waals surface area contributed by atoms with Crippen molar-refractivity contribution in [1.82, 2.24) is 10.2 Å². The summed E-state index contributed by atoms with van der Waals surface area (Å²) in [7, 11) is 0. The van der Waals surface area contributed by atoms with Gasteiger partial charge in [-0.1, -0.05) is 0 Å². The van der Waals surface area contributed by atoms with Crippen LogP contribution in [0.25, 0.3) is 0 Å². The van der Waals surface area contributed by atoms with E-state index in [4.69, 9.17) is 4.74 Å². The van der Waals surface area contributed by atoms with Gasteiger partial charge in [0.05, 0.1) is 18.9 Å². The molecule has 0 saturated heterocycles. The van der Waals surface area contributed by atoms with Crippen LogP contribution < -0.4 is 0 Å². The van der Waals surface area contributed by atoms with Gasteiger partial charge in [-0.15, -0.1) is 0 Å². The third-order valence-corrected chi connectivity index (χ3v) is 2.14. The topological polar surface area (TPSA) is 37.9 Å². The number of hydrogen-bond acceptors (Lipinski definition) is 2. The molecule has 3 heteroatoms. The van der Waals surface area contributed by atoms with Gasteiger partial charge >= 0.3 is 0 Å². The van der Waals surface area contributed by atoms with Gasteiger partial charge in [0, 0.05) is 12.1 Å². The summed E-state index contributed by atoms with van der Waals surface area (Å²) >= 11 is 0. The molecule has 3 nitrogen and oxygen atoms in total. The molecule has 2 heterocycles. The van der Waals surface area contributed by atoms with Crippen molar-refractivity contribution < 1.29 is 4.74 Å². The molecule has 60 valence electrons. The molecule has 1 aromatic rings. The fraction of sp³-hybridized carbons (Fsp3) is 0.625. The molecule has 0 amide bonds. The van der Waals surface area contributed by atoms with E-state index >= 15 is 0 Å². The summed E-state index contributed by atoms with van der Waals surface area (Å²) in [5, 5.41) is 7.21. The Labute approximate surface area is 65.8 Å². The Kier molecular flexibility index (Phi) is 1.66. The van der Waals surface area contributed by atoms with Crippen molar-refractivity contribution in [2.75, 3.05) is 13.2 Å². The van der Waals surface area contributed by atoms with Crippen molar-refractivity contribution in [3.63, 3.8) is 0 Å². The normalized spacial score (nSPS) is 17.5. The van der Waals surface area contributed by atoms with Gasteiger partial charge in [0.25, 0.3) is 0 Å². The Morgan fingerprint density at radius 3 is 3.09 bits per heavy atom. The molecule has 11 heavy (non-hydrogen) atoms. The van der Waals surface area contributed by atoms with E-state index in [0.717, 1.165) is 26.1 Å². The van der Waals surface area contributed by atoms with Gasteiger partial charge in [-0.25, -0.2) is 0 Å². The second kappa shape index (κ2) is 2.66. The van der Waals surface area contributed by atoms with E-state index in [-0.39, 0.29) is 0 Å². The molecule has 1 aliphatic rings. The van der Waals surface area contributed by atoms with Gasteiger partial charge in [-0.2, -0.15) is 5.10 Å². The number of aryl methyl sites for hydroxylation is 1. The molecule has 0 aliphatic carbocycles.